The van der Waals surface area contributed by atoms with Gasteiger partial charge in [0.1, 0.15) is 0 Å². The molecule has 1 aromatic rings. The molecular weight excluding hydrogens is 282 g/mol. The third-order valence-electron chi connectivity index (χ3n) is 5.26. The van der Waals surface area contributed by atoms with Crippen molar-refractivity contribution in [3.05, 3.63) is 35.9 Å². The molecule has 128 valence electrons. The summed E-state index contributed by atoms with van der Waals surface area (Å²) in [6.07, 6.45) is 8.65. The topological polar surface area (TPSA) is 20.3 Å². The summed E-state index contributed by atoms with van der Waals surface area (Å²) in [6, 6.07) is 10.6. The number of carbonyl (C=O) groups excluding carboxylic acids is 1. The molecule has 0 N–H and O–H groups in total. The smallest absolute Gasteiger partial charge is 0.226 e. The highest BCUT2D eigenvalue weighted by atomic mass is 16.2. The maximum atomic E-state index is 13.0. The summed E-state index contributed by atoms with van der Waals surface area (Å²) in [5.41, 5.74) is 1.23. The first-order chi connectivity index (χ1) is 11.1. The first kappa shape index (κ1) is 18.0. The highest BCUT2D eigenvalue weighted by Crippen LogP contribution is 2.33. The summed E-state index contributed by atoms with van der Waals surface area (Å²) in [5.74, 6) is 1.48. The molecule has 1 amide bonds. The van der Waals surface area contributed by atoms with Crippen molar-refractivity contribution in [1.82, 2.24) is 4.90 Å². The average molecular weight is 316 g/mol. The van der Waals surface area contributed by atoms with Gasteiger partial charge < -0.3 is 4.90 Å². The number of hydrogen-bond acceptors (Lipinski definition) is 1. The summed E-state index contributed by atoms with van der Waals surface area (Å²) < 4.78 is 0. The van der Waals surface area contributed by atoms with Gasteiger partial charge >= 0.3 is 0 Å². The van der Waals surface area contributed by atoms with Gasteiger partial charge in [0.15, 0.2) is 0 Å². The maximum Gasteiger partial charge on any atom is 0.226 e. The Hall–Kier alpha value is -1.31. The summed E-state index contributed by atoms with van der Waals surface area (Å²) in [6.45, 7) is 7.27. The van der Waals surface area contributed by atoms with Crippen molar-refractivity contribution in [1.29, 1.82) is 0 Å². The summed E-state index contributed by atoms with van der Waals surface area (Å²) >= 11 is 0. The summed E-state index contributed by atoms with van der Waals surface area (Å²) in [7, 11) is 0. The Bertz CT molecular complexity index is 460. The Balaban J connectivity index is 1.91. The lowest BCUT2D eigenvalue weighted by atomic mass is 9.79. The number of amides is 1. The van der Waals surface area contributed by atoms with E-state index in [1.165, 1.54) is 37.7 Å². The molecule has 23 heavy (non-hydrogen) atoms. The van der Waals surface area contributed by atoms with Gasteiger partial charge in [-0.25, -0.2) is 0 Å². The standard InChI is InChI=1S/C21H33NO/c1-4-5-9-18-12-14-20(15-13-18)21(23)22(17(2)3)16-19-10-7-6-8-11-19/h6-8,10-11,17-18,20H,4-5,9,12-16H2,1-3H3. The SMILES string of the molecule is CCCCC1CCC(C(=O)N(Cc2ccccc2)C(C)C)CC1. The van der Waals surface area contributed by atoms with E-state index >= 15 is 0 Å². The second-order valence-corrected chi connectivity index (χ2v) is 7.41. The van der Waals surface area contributed by atoms with Crippen molar-refractivity contribution in [2.24, 2.45) is 11.8 Å². The third kappa shape index (κ3) is 5.37. The van der Waals surface area contributed by atoms with Crippen LogP contribution >= 0.6 is 0 Å². The fourth-order valence-corrected chi connectivity index (χ4v) is 3.72. The summed E-state index contributed by atoms with van der Waals surface area (Å²) in [4.78, 5) is 15.1. The summed E-state index contributed by atoms with van der Waals surface area (Å²) in [5, 5.41) is 0. The van der Waals surface area contributed by atoms with E-state index in [9.17, 15) is 4.79 Å². The predicted molar refractivity (Wildman–Crippen MR) is 97.1 cm³/mol. The average Bonchev–Trinajstić information content (AvgIpc) is 2.58. The van der Waals surface area contributed by atoms with E-state index in [-0.39, 0.29) is 12.0 Å². The highest BCUT2D eigenvalue weighted by molar-refractivity contribution is 5.79. The van der Waals surface area contributed by atoms with Crippen LogP contribution in [-0.4, -0.2) is 16.8 Å². The van der Waals surface area contributed by atoms with E-state index in [1.54, 1.807) is 0 Å². The third-order valence-corrected chi connectivity index (χ3v) is 5.26. The van der Waals surface area contributed by atoms with Gasteiger partial charge in [0.25, 0.3) is 0 Å². The van der Waals surface area contributed by atoms with Crippen molar-refractivity contribution in [2.45, 2.75) is 78.3 Å². The molecule has 0 saturated heterocycles. The Morgan fingerprint density at radius 3 is 2.35 bits per heavy atom. The number of unbranched alkanes of at least 4 members (excludes halogenated alkanes) is 1. The fourth-order valence-electron chi connectivity index (χ4n) is 3.72. The molecule has 1 aromatic carbocycles. The number of rotatable bonds is 7. The molecule has 0 spiro atoms. The minimum atomic E-state index is 0.249. The zero-order chi connectivity index (χ0) is 16.7. The Morgan fingerprint density at radius 2 is 1.78 bits per heavy atom. The van der Waals surface area contributed by atoms with E-state index in [2.05, 4.69) is 49.9 Å². The first-order valence-electron chi connectivity index (χ1n) is 9.46. The van der Waals surface area contributed by atoms with Crippen molar-refractivity contribution < 1.29 is 4.79 Å². The van der Waals surface area contributed by atoms with Crippen LogP contribution in [0.5, 0.6) is 0 Å². The zero-order valence-corrected chi connectivity index (χ0v) is 15.1. The molecule has 1 fully saturated rings. The molecule has 2 nitrogen and oxygen atoms in total. The molecular formula is C21H33NO. The second kappa shape index (κ2) is 9.10. The molecule has 0 bridgehead atoms. The molecule has 0 atom stereocenters. The molecule has 2 rings (SSSR count). The number of benzene rings is 1. The molecule has 1 aliphatic carbocycles. The maximum absolute atomic E-state index is 13.0. The number of nitrogens with zero attached hydrogens (tertiary/aromatic N) is 1. The van der Waals surface area contributed by atoms with Crippen LogP contribution in [0.3, 0.4) is 0 Å². The normalized spacial score (nSPS) is 21.4. The van der Waals surface area contributed by atoms with E-state index in [0.717, 1.165) is 25.3 Å². The minimum absolute atomic E-state index is 0.249. The fraction of sp³-hybridized carbons (Fsp3) is 0.667. The van der Waals surface area contributed by atoms with Crippen molar-refractivity contribution in [3.63, 3.8) is 0 Å². The van der Waals surface area contributed by atoms with Gasteiger partial charge in [0, 0.05) is 18.5 Å². The molecule has 1 saturated carbocycles. The Kier molecular flexibility index (Phi) is 7.14. The van der Waals surface area contributed by atoms with Gasteiger partial charge in [-0.05, 0) is 51.0 Å². The molecule has 0 aliphatic heterocycles. The van der Waals surface area contributed by atoms with Crippen molar-refractivity contribution >= 4 is 5.91 Å². The lowest BCUT2D eigenvalue weighted by molar-refractivity contribution is -0.139. The van der Waals surface area contributed by atoms with Gasteiger partial charge in [0.2, 0.25) is 5.91 Å². The van der Waals surface area contributed by atoms with Crippen LogP contribution in [0.25, 0.3) is 0 Å². The quantitative estimate of drug-likeness (QED) is 0.658. The van der Waals surface area contributed by atoms with E-state index in [4.69, 9.17) is 0 Å². The van der Waals surface area contributed by atoms with E-state index < -0.39 is 0 Å². The molecule has 0 unspecified atom stereocenters. The second-order valence-electron chi connectivity index (χ2n) is 7.41. The van der Waals surface area contributed by atoms with Gasteiger partial charge in [0.05, 0.1) is 0 Å². The number of hydrogen-bond donors (Lipinski definition) is 0. The van der Waals surface area contributed by atoms with Crippen LogP contribution in [0.1, 0.15) is 71.3 Å². The Morgan fingerprint density at radius 1 is 1.13 bits per heavy atom. The Labute approximate surface area is 142 Å². The molecule has 2 heteroatoms. The van der Waals surface area contributed by atoms with Crippen LogP contribution in [0.4, 0.5) is 0 Å². The molecule has 0 aromatic heterocycles. The van der Waals surface area contributed by atoms with Crippen LogP contribution in [-0.2, 0) is 11.3 Å². The lowest BCUT2D eigenvalue weighted by Gasteiger charge is -2.34. The van der Waals surface area contributed by atoms with Gasteiger partial charge in [-0.15, -0.1) is 0 Å². The predicted octanol–water partition coefficient (Wildman–Crippen LogP) is 5.42. The number of carbonyl (C=O) groups is 1. The van der Waals surface area contributed by atoms with Gasteiger partial charge in [-0.3, -0.25) is 4.79 Å². The van der Waals surface area contributed by atoms with Crippen molar-refractivity contribution in [2.75, 3.05) is 0 Å². The molecule has 0 heterocycles. The zero-order valence-electron chi connectivity index (χ0n) is 15.1. The monoisotopic (exact) mass is 315 g/mol. The van der Waals surface area contributed by atoms with Crippen LogP contribution in [0.15, 0.2) is 30.3 Å². The van der Waals surface area contributed by atoms with Crippen LogP contribution < -0.4 is 0 Å². The van der Waals surface area contributed by atoms with E-state index in [1.807, 2.05) is 6.07 Å². The molecule has 1 aliphatic rings. The van der Waals surface area contributed by atoms with Crippen molar-refractivity contribution in [3.8, 4) is 0 Å². The minimum Gasteiger partial charge on any atom is -0.336 e. The highest BCUT2D eigenvalue weighted by Gasteiger charge is 2.30. The van der Waals surface area contributed by atoms with Crippen LogP contribution in [0, 0.1) is 11.8 Å². The lowest BCUT2D eigenvalue weighted by Crippen LogP contribution is -2.41. The largest absolute Gasteiger partial charge is 0.336 e. The van der Waals surface area contributed by atoms with Gasteiger partial charge in [-0.2, -0.15) is 0 Å². The van der Waals surface area contributed by atoms with Gasteiger partial charge in [-0.1, -0.05) is 56.5 Å². The molecule has 0 radical (unpaired) electrons. The van der Waals surface area contributed by atoms with E-state index in [0.29, 0.717) is 5.91 Å². The first-order valence-corrected chi connectivity index (χ1v) is 9.46. The van der Waals surface area contributed by atoms with Crippen LogP contribution in [0.2, 0.25) is 0 Å².